The molecule has 110 valence electrons. The van der Waals surface area contributed by atoms with Gasteiger partial charge < -0.3 is 5.11 Å². The molecule has 2 aromatic carbocycles. The van der Waals surface area contributed by atoms with Gasteiger partial charge in [-0.2, -0.15) is 0 Å². The molecule has 0 fully saturated rings. The van der Waals surface area contributed by atoms with Gasteiger partial charge in [-0.1, -0.05) is 6.07 Å². The Labute approximate surface area is 126 Å². The lowest BCUT2D eigenvalue weighted by Crippen LogP contribution is -2.02. The van der Waals surface area contributed by atoms with E-state index in [4.69, 9.17) is 0 Å². The van der Waals surface area contributed by atoms with Crippen molar-refractivity contribution >= 4 is 5.97 Å². The second-order valence-electron chi connectivity index (χ2n) is 5.83. The van der Waals surface area contributed by atoms with E-state index < -0.39 is 5.97 Å². The van der Waals surface area contributed by atoms with E-state index in [9.17, 15) is 9.90 Å². The molecule has 0 aromatic heterocycles. The maximum atomic E-state index is 11.3. The standard InChI is InChI=1S/C19H22O2/c1-10-7-8-16(19(20)21)9-17(10)18-14(5)12(3)11(2)13(4)15(18)6/h7-9H,1-6H3,(H,20,21). The number of carboxylic acid groups (broad SMARTS) is 1. The van der Waals surface area contributed by atoms with E-state index in [2.05, 4.69) is 34.6 Å². The first-order valence-corrected chi connectivity index (χ1v) is 7.17. The van der Waals surface area contributed by atoms with Crippen molar-refractivity contribution in [1.82, 2.24) is 0 Å². The SMILES string of the molecule is Cc1ccc(C(=O)O)cc1-c1c(C)c(C)c(C)c(C)c1C. The van der Waals surface area contributed by atoms with E-state index in [1.807, 2.05) is 13.0 Å². The molecule has 0 saturated heterocycles. The zero-order valence-corrected chi connectivity index (χ0v) is 13.6. The first-order valence-electron chi connectivity index (χ1n) is 7.17. The maximum Gasteiger partial charge on any atom is 0.335 e. The van der Waals surface area contributed by atoms with E-state index >= 15 is 0 Å². The minimum absolute atomic E-state index is 0.338. The van der Waals surface area contributed by atoms with Crippen LogP contribution in [0.15, 0.2) is 18.2 Å². The lowest BCUT2D eigenvalue weighted by atomic mass is 9.84. The second-order valence-corrected chi connectivity index (χ2v) is 5.83. The van der Waals surface area contributed by atoms with Gasteiger partial charge in [0, 0.05) is 0 Å². The van der Waals surface area contributed by atoms with Gasteiger partial charge in [0.15, 0.2) is 0 Å². The summed E-state index contributed by atoms with van der Waals surface area (Å²) in [5.41, 5.74) is 10.0. The van der Waals surface area contributed by atoms with E-state index in [0.717, 1.165) is 11.1 Å². The minimum atomic E-state index is -0.882. The molecule has 0 bridgehead atoms. The lowest BCUT2D eigenvalue weighted by molar-refractivity contribution is 0.0697. The van der Waals surface area contributed by atoms with E-state index in [1.54, 1.807) is 12.1 Å². The Kier molecular flexibility index (Phi) is 3.91. The molecule has 0 amide bonds. The zero-order valence-electron chi connectivity index (χ0n) is 13.6. The first-order chi connectivity index (χ1) is 9.75. The van der Waals surface area contributed by atoms with Gasteiger partial charge in [0.05, 0.1) is 5.56 Å². The van der Waals surface area contributed by atoms with Gasteiger partial charge in [0.1, 0.15) is 0 Å². The van der Waals surface area contributed by atoms with E-state index in [-0.39, 0.29) is 0 Å². The van der Waals surface area contributed by atoms with Crippen molar-refractivity contribution in [1.29, 1.82) is 0 Å². The molecular formula is C19H22O2. The normalized spacial score (nSPS) is 10.8. The highest BCUT2D eigenvalue weighted by atomic mass is 16.4. The van der Waals surface area contributed by atoms with Crippen LogP contribution in [0.3, 0.4) is 0 Å². The quantitative estimate of drug-likeness (QED) is 0.850. The van der Waals surface area contributed by atoms with Crippen molar-refractivity contribution in [3.8, 4) is 11.1 Å². The first kappa shape index (κ1) is 15.3. The summed E-state index contributed by atoms with van der Waals surface area (Å²) in [6.45, 7) is 12.7. The van der Waals surface area contributed by atoms with Crippen LogP contribution in [0.5, 0.6) is 0 Å². The minimum Gasteiger partial charge on any atom is -0.478 e. The lowest BCUT2D eigenvalue weighted by Gasteiger charge is -2.20. The van der Waals surface area contributed by atoms with Crippen LogP contribution in [0.1, 0.15) is 43.7 Å². The molecule has 0 heterocycles. The van der Waals surface area contributed by atoms with Crippen molar-refractivity contribution in [2.75, 3.05) is 0 Å². The fraction of sp³-hybridized carbons (Fsp3) is 0.316. The fourth-order valence-electron chi connectivity index (χ4n) is 2.93. The molecule has 0 aliphatic heterocycles. The van der Waals surface area contributed by atoms with Gasteiger partial charge >= 0.3 is 5.97 Å². The summed E-state index contributed by atoms with van der Waals surface area (Å²) in [6, 6.07) is 5.35. The van der Waals surface area contributed by atoms with Crippen LogP contribution in [0.25, 0.3) is 11.1 Å². The summed E-state index contributed by atoms with van der Waals surface area (Å²) in [5.74, 6) is -0.882. The van der Waals surface area contributed by atoms with Gasteiger partial charge in [-0.25, -0.2) is 4.79 Å². The molecule has 0 aliphatic rings. The Morgan fingerprint density at radius 3 is 1.76 bits per heavy atom. The van der Waals surface area contributed by atoms with Crippen molar-refractivity contribution < 1.29 is 9.90 Å². The topological polar surface area (TPSA) is 37.3 Å². The van der Waals surface area contributed by atoms with Crippen LogP contribution in [0, 0.1) is 41.5 Å². The van der Waals surface area contributed by atoms with Crippen molar-refractivity contribution in [2.45, 2.75) is 41.5 Å². The van der Waals surface area contributed by atoms with Crippen LogP contribution >= 0.6 is 0 Å². The molecule has 1 N–H and O–H groups in total. The molecule has 2 nitrogen and oxygen atoms in total. The van der Waals surface area contributed by atoms with Gasteiger partial charge in [0.25, 0.3) is 0 Å². The number of aromatic carboxylic acids is 1. The van der Waals surface area contributed by atoms with Crippen LogP contribution < -0.4 is 0 Å². The summed E-state index contributed by atoms with van der Waals surface area (Å²) >= 11 is 0. The number of hydrogen-bond acceptors (Lipinski definition) is 1. The molecule has 2 rings (SSSR count). The zero-order chi connectivity index (χ0) is 15.9. The Hall–Kier alpha value is -2.09. The van der Waals surface area contributed by atoms with E-state index in [0.29, 0.717) is 5.56 Å². The largest absolute Gasteiger partial charge is 0.478 e. The third kappa shape index (κ3) is 2.46. The Morgan fingerprint density at radius 2 is 1.29 bits per heavy atom. The number of rotatable bonds is 2. The van der Waals surface area contributed by atoms with Crippen molar-refractivity contribution in [3.05, 3.63) is 57.1 Å². The number of benzene rings is 2. The summed E-state index contributed by atoms with van der Waals surface area (Å²) < 4.78 is 0. The molecule has 0 atom stereocenters. The highest BCUT2D eigenvalue weighted by Gasteiger charge is 2.16. The van der Waals surface area contributed by atoms with E-state index in [1.165, 1.54) is 33.4 Å². The molecule has 0 radical (unpaired) electrons. The molecule has 0 saturated carbocycles. The monoisotopic (exact) mass is 282 g/mol. The molecular weight excluding hydrogens is 260 g/mol. The van der Waals surface area contributed by atoms with Crippen LogP contribution in [0.4, 0.5) is 0 Å². The maximum absolute atomic E-state index is 11.3. The Bertz CT molecular complexity index is 711. The molecule has 0 unspecified atom stereocenters. The average molecular weight is 282 g/mol. The highest BCUT2D eigenvalue weighted by Crippen LogP contribution is 2.36. The summed E-state index contributed by atoms with van der Waals surface area (Å²) in [6.07, 6.45) is 0. The molecule has 0 aliphatic carbocycles. The number of carbonyl (C=O) groups is 1. The van der Waals surface area contributed by atoms with Crippen molar-refractivity contribution in [3.63, 3.8) is 0 Å². The number of carboxylic acids is 1. The third-order valence-electron chi connectivity index (χ3n) is 4.75. The molecule has 2 heteroatoms. The van der Waals surface area contributed by atoms with Crippen LogP contribution in [-0.4, -0.2) is 11.1 Å². The van der Waals surface area contributed by atoms with Crippen LogP contribution in [0.2, 0.25) is 0 Å². The second kappa shape index (κ2) is 5.36. The number of hydrogen-bond donors (Lipinski definition) is 1. The predicted octanol–water partition coefficient (Wildman–Crippen LogP) is 4.90. The van der Waals surface area contributed by atoms with Crippen LogP contribution in [-0.2, 0) is 0 Å². The van der Waals surface area contributed by atoms with Gasteiger partial charge in [-0.3, -0.25) is 0 Å². The van der Waals surface area contributed by atoms with Gasteiger partial charge in [-0.05, 0) is 98.2 Å². The van der Waals surface area contributed by atoms with Crippen molar-refractivity contribution in [2.24, 2.45) is 0 Å². The highest BCUT2D eigenvalue weighted by molar-refractivity contribution is 5.90. The predicted molar refractivity (Wildman–Crippen MR) is 87.3 cm³/mol. The summed E-state index contributed by atoms with van der Waals surface area (Å²) in [5, 5.41) is 9.24. The Balaban J connectivity index is 2.85. The molecule has 0 spiro atoms. The summed E-state index contributed by atoms with van der Waals surface area (Å²) in [7, 11) is 0. The fourth-order valence-corrected chi connectivity index (χ4v) is 2.93. The summed E-state index contributed by atoms with van der Waals surface area (Å²) in [4.78, 5) is 11.3. The molecule has 2 aromatic rings. The molecule has 21 heavy (non-hydrogen) atoms. The van der Waals surface area contributed by atoms with Gasteiger partial charge in [0.2, 0.25) is 0 Å². The number of aryl methyl sites for hydroxylation is 1. The average Bonchev–Trinajstić information content (AvgIpc) is 2.45. The Morgan fingerprint density at radius 1 is 0.810 bits per heavy atom. The third-order valence-corrected chi connectivity index (χ3v) is 4.75. The smallest absolute Gasteiger partial charge is 0.335 e. The van der Waals surface area contributed by atoms with Gasteiger partial charge in [-0.15, -0.1) is 0 Å².